The van der Waals surface area contributed by atoms with Crippen molar-refractivity contribution in [2.75, 3.05) is 31.6 Å². The summed E-state index contributed by atoms with van der Waals surface area (Å²) in [4.78, 5) is 16.7. The molecule has 0 aromatic heterocycles. The zero-order chi connectivity index (χ0) is 18.4. The fourth-order valence-corrected chi connectivity index (χ4v) is 3.76. The molecule has 2 unspecified atom stereocenters. The van der Waals surface area contributed by atoms with Gasteiger partial charge in [0.25, 0.3) is 0 Å². The third-order valence-electron chi connectivity index (χ3n) is 4.75. The van der Waals surface area contributed by atoms with Crippen LogP contribution in [0.15, 0.2) is 30.3 Å². The zero-order valence-corrected chi connectivity index (χ0v) is 15.9. The lowest BCUT2D eigenvalue weighted by Crippen LogP contribution is -2.46. The Morgan fingerprint density at radius 2 is 1.92 bits per heavy atom. The topological polar surface area (TPSA) is 83.7 Å². The van der Waals surface area contributed by atoms with Crippen LogP contribution in [0.3, 0.4) is 0 Å². The van der Waals surface area contributed by atoms with Gasteiger partial charge in [-0.3, -0.25) is 9.69 Å². The number of carbonyl (C=O) groups is 1. The van der Waals surface area contributed by atoms with Gasteiger partial charge in [-0.05, 0) is 25.3 Å². The first-order valence-electron chi connectivity index (χ1n) is 8.76. The molecule has 1 aromatic rings. The van der Waals surface area contributed by atoms with E-state index in [4.69, 9.17) is 5.73 Å². The molecule has 1 fully saturated rings. The second kappa shape index (κ2) is 8.78. The van der Waals surface area contributed by atoms with Crippen LogP contribution in [-0.4, -0.2) is 67.9 Å². The molecular weight excluding hydrogens is 338 g/mol. The molecule has 1 aliphatic rings. The van der Waals surface area contributed by atoms with E-state index >= 15 is 0 Å². The van der Waals surface area contributed by atoms with Crippen molar-refractivity contribution in [2.45, 2.75) is 38.4 Å². The van der Waals surface area contributed by atoms with E-state index in [0.717, 1.165) is 19.5 Å². The highest BCUT2D eigenvalue weighted by Gasteiger charge is 2.27. The molecule has 7 heteroatoms. The minimum atomic E-state index is -3.10. The normalized spacial score (nSPS) is 20.9. The maximum absolute atomic E-state index is 12.5. The van der Waals surface area contributed by atoms with Crippen molar-refractivity contribution >= 4 is 15.7 Å². The van der Waals surface area contributed by atoms with Gasteiger partial charge >= 0.3 is 0 Å². The Kier molecular flexibility index (Phi) is 6.98. The van der Waals surface area contributed by atoms with Gasteiger partial charge in [0.1, 0.15) is 9.84 Å². The summed E-state index contributed by atoms with van der Waals surface area (Å²) in [6.07, 6.45) is 2.23. The lowest BCUT2D eigenvalue weighted by atomic mass is 10.1. The predicted molar refractivity (Wildman–Crippen MR) is 99.8 cm³/mol. The summed E-state index contributed by atoms with van der Waals surface area (Å²) < 4.78 is 22.5. The van der Waals surface area contributed by atoms with E-state index in [1.165, 1.54) is 11.8 Å². The quantitative estimate of drug-likeness (QED) is 0.807. The molecule has 2 rings (SSSR count). The maximum atomic E-state index is 12.5. The first-order valence-corrected chi connectivity index (χ1v) is 10.8. The summed E-state index contributed by atoms with van der Waals surface area (Å²) in [6.45, 7) is 5.13. The molecular formula is C18H29N3O3S. The first kappa shape index (κ1) is 19.9. The van der Waals surface area contributed by atoms with Crippen molar-refractivity contribution in [3.63, 3.8) is 0 Å². The molecule has 1 heterocycles. The van der Waals surface area contributed by atoms with Gasteiger partial charge in [0, 0.05) is 38.5 Å². The van der Waals surface area contributed by atoms with E-state index in [-0.39, 0.29) is 18.1 Å². The summed E-state index contributed by atoms with van der Waals surface area (Å²) >= 11 is 0. The molecule has 140 valence electrons. The molecule has 25 heavy (non-hydrogen) atoms. The van der Waals surface area contributed by atoms with Gasteiger partial charge in [0.2, 0.25) is 5.91 Å². The number of carbonyl (C=O) groups excluding carboxylic acids is 1. The summed E-state index contributed by atoms with van der Waals surface area (Å²) in [7, 11) is -3.10. The van der Waals surface area contributed by atoms with E-state index in [2.05, 4.69) is 24.0 Å². The zero-order valence-electron chi connectivity index (χ0n) is 15.1. The Morgan fingerprint density at radius 3 is 2.56 bits per heavy atom. The van der Waals surface area contributed by atoms with Gasteiger partial charge in [-0.1, -0.05) is 30.3 Å². The fraction of sp³-hybridized carbons (Fsp3) is 0.611. The smallest absolute Gasteiger partial charge is 0.239 e. The van der Waals surface area contributed by atoms with Gasteiger partial charge in [0.05, 0.1) is 11.8 Å². The third-order valence-corrected chi connectivity index (χ3v) is 5.73. The Bertz CT molecular complexity index is 663. The number of hydrogen-bond donors (Lipinski definition) is 1. The van der Waals surface area contributed by atoms with E-state index in [1.54, 1.807) is 4.90 Å². The fourth-order valence-electron chi connectivity index (χ4n) is 3.08. The second-order valence-corrected chi connectivity index (χ2v) is 9.20. The molecule has 2 N–H and O–H groups in total. The molecule has 0 saturated carbocycles. The average Bonchev–Trinajstić information content (AvgIpc) is 2.75. The van der Waals surface area contributed by atoms with Crippen molar-refractivity contribution in [3.8, 4) is 0 Å². The van der Waals surface area contributed by atoms with Gasteiger partial charge in [-0.15, -0.1) is 0 Å². The van der Waals surface area contributed by atoms with Crippen molar-refractivity contribution < 1.29 is 13.2 Å². The Balaban J connectivity index is 1.91. The molecule has 0 bridgehead atoms. The molecule has 1 amide bonds. The second-order valence-electron chi connectivity index (χ2n) is 6.94. The van der Waals surface area contributed by atoms with Gasteiger partial charge in [-0.25, -0.2) is 8.42 Å². The van der Waals surface area contributed by atoms with Crippen LogP contribution in [0.1, 0.15) is 25.3 Å². The highest BCUT2D eigenvalue weighted by molar-refractivity contribution is 7.90. The molecule has 1 aromatic carbocycles. The van der Waals surface area contributed by atoms with E-state index in [9.17, 15) is 13.2 Å². The number of benzene rings is 1. The molecule has 6 nitrogen and oxygen atoms in total. The average molecular weight is 368 g/mol. The van der Waals surface area contributed by atoms with E-state index in [1.807, 2.05) is 18.2 Å². The minimum Gasteiger partial charge on any atom is -0.340 e. The highest BCUT2D eigenvalue weighted by Crippen LogP contribution is 2.15. The highest BCUT2D eigenvalue weighted by atomic mass is 32.2. The first-order chi connectivity index (χ1) is 11.8. The van der Waals surface area contributed by atoms with Crippen LogP contribution in [0, 0.1) is 0 Å². The maximum Gasteiger partial charge on any atom is 0.239 e. The molecule has 0 radical (unpaired) electrons. The molecule has 1 saturated heterocycles. The van der Waals surface area contributed by atoms with E-state index in [0.29, 0.717) is 19.1 Å². The van der Waals surface area contributed by atoms with Crippen molar-refractivity contribution in [1.29, 1.82) is 0 Å². The van der Waals surface area contributed by atoms with Gasteiger partial charge in [0.15, 0.2) is 0 Å². The standard InChI is InChI=1S/C18H29N3O3S/c1-15-8-10-20(18(22)17(19)9-13-25(2,23)24)11-12-21(15)14-16-6-4-3-5-7-16/h3-7,15,17H,8-14,19H2,1-2H3. The largest absolute Gasteiger partial charge is 0.340 e. The van der Waals surface area contributed by atoms with E-state index < -0.39 is 15.9 Å². The van der Waals surface area contributed by atoms with Crippen LogP contribution < -0.4 is 5.73 Å². The number of amides is 1. The summed E-state index contributed by atoms with van der Waals surface area (Å²) in [6, 6.07) is 9.94. The van der Waals surface area contributed by atoms with Crippen LogP contribution >= 0.6 is 0 Å². The van der Waals surface area contributed by atoms with Crippen molar-refractivity contribution in [1.82, 2.24) is 9.80 Å². The van der Waals surface area contributed by atoms with Crippen LogP contribution in [-0.2, 0) is 21.2 Å². The number of sulfone groups is 1. The Hall–Kier alpha value is -1.44. The molecule has 1 aliphatic heterocycles. The number of nitrogens with zero attached hydrogens (tertiary/aromatic N) is 2. The number of nitrogens with two attached hydrogens (primary N) is 1. The predicted octanol–water partition coefficient (Wildman–Crippen LogP) is 0.871. The Morgan fingerprint density at radius 1 is 1.24 bits per heavy atom. The number of hydrogen-bond acceptors (Lipinski definition) is 5. The summed E-state index contributed by atoms with van der Waals surface area (Å²) in [5, 5.41) is 0. The van der Waals surface area contributed by atoms with Crippen LogP contribution in [0.2, 0.25) is 0 Å². The molecule has 0 aliphatic carbocycles. The van der Waals surface area contributed by atoms with Crippen LogP contribution in [0.25, 0.3) is 0 Å². The molecule has 0 spiro atoms. The summed E-state index contributed by atoms with van der Waals surface area (Å²) in [5.41, 5.74) is 7.19. The summed E-state index contributed by atoms with van der Waals surface area (Å²) in [5.74, 6) is -0.193. The lowest BCUT2D eigenvalue weighted by molar-refractivity contribution is -0.132. The van der Waals surface area contributed by atoms with Gasteiger partial charge in [-0.2, -0.15) is 0 Å². The lowest BCUT2D eigenvalue weighted by Gasteiger charge is -2.26. The Labute approximate surface area is 150 Å². The minimum absolute atomic E-state index is 0.0513. The van der Waals surface area contributed by atoms with Crippen LogP contribution in [0.4, 0.5) is 0 Å². The monoisotopic (exact) mass is 367 g/mol. The SMILES string of the molecule is CC1CCN(C(=O)C(N)CCS(C)(=O)=O)CCN1Cc1ccccc1. The van der Waals surface area contributed by atoms with Crippen molar-refractivity contribution in [2.24, 2.45) is 5.73 Å². The number of rotatable bonds is 6. The molecule has 2 atom stereocenters. The van der Waals surface area contributed by atoms with Crippen LogP contribution in [0.5, 0.6) is 0 Å². The third kappa shape index (κ3) is 6.41. The van der Waals surface area contributed by atoms with Crippen molar-refractivity contribution in [3.05, 3.63) is 35.9 Å². The van der Waals surface area contributed by atoms with Gasteiger partial charge < -0.3 is 10.6 Å².